The largest absolute Gasteiger partial charge is 0.504 e. The maximum Gasteiger partial charge on any atom is 0.414 e. The fourth-order valence-electron chi connectivity index (χ4n) is 7.80. The number of amides is 1. The highest BCUT2D eigenvalue weighted by Crippen LogP contribution is 2.66. The van der Waals surface area contributed by atoms with Crippen LogP contribution in [0.5, 0.6) is 11.5 Å². The number of carboxylic acid groups (broad SMARTS) is 2. The number of carboxylic acids is 2. The Hall–Kier alpha value is -2.90. The van der Waals surface area contributed by atoms with E-state index >= 15 is 0 Å². The number of aromatic hydroxyl groups is 1. The predicted octanol–water partition coefficient (Wildman–Crippen LogP) is 2.86. The molecule has 2 bridgehead atoms. The zero-order valence-electron chi connectivity index (χ0n) is 22.6. The highest BCUT2D eigenvalue weighted by atomic mass is 127. The average molecular weight is 677 g/mol. The van der Waals surface area contributed by atoms with Gasteiger partial charge in [0.15, 0.2) is 11.5 Å². The normalized spacial score (nSPS) is 30.8. The second kappa shape index (κ2) is 10.1. The minimum Gasteiger partial charge on any atom is -0.504 e. The summed E-state index contributed by atoms with van der Waals surface area (Å²) in [5.74, 6) is -2.25. The number of carbonyl (C=O) groups is 3. The van der Waals surface area contributed by atoms with Gasteiger partial charge < -0.3 is 30.1 Å². The van der Waals surface area contributed by atoms with Crippen LogP contribution >= 0.6 is 22.6 Å². The molecule has 5 atom stereocenters. The molecule has 5 aliphatic rings. The van der Waals surface area contributed by atoms with Gasteiger partial charge in [0, 0.05) is 34.3 Å². The summed E-state index contributed by atoms with van der Waals surface area (Å²) in [6, 6.07) is 11.3. The van der Waals surface area contributed by atoms with Crippen molar-refractivity contribution in [2.24, 2.45) is 5.92 Å². The molecule has 7 rings (SSSR count). The van der Waals surface area contributed by atoms with Crippen LogP contribution in [0.4, 0.5) is 0 Å². The van der Waals surface area contributed by atoms with Crippen LogP contribution in [-0.2, 0) is 21.4 Å². The number of aliphatic hydroxyl groups is 1. The number of halogens is 1. The Kier molecular flexibility index (Phi) is 6.97. The van der Waals surface area contributed by atoms with E-state index in [4.69, 9.17) is 24.5 Å². The van der Waals surface area contributed by atoms with Crippen LogP contribution in [0.25, 0.3) is 0 Å². The van der Waals surface area contributed by atoms with E-state index in [0.29, 0.717) is 24.2 Å². The van der Waals surface area contributed by atoms with Gasteiger partial charge in [-0.05, 0) is 109 Å². The maximum absolute atomic E-state index is 13.5. The van der Waals surface area contributed by atoms with Crippen LogP contribution in [-0.4, -0.2) is 92.0 Å². The molecule has 1 amide bonds. The minimum absolute atomic E-state index is 0.0317. The summed E-state index contributed by atoms with van der Waals surface area (Å²) in [5, 5.41) is 38.2. The van der Waals surface area contributed by atoms with Gasteiger partial charge in [-0.25, -0.2) is 9.59 Å². The number of ether oxygens (including phenoxy) is 1. The summed E-state index contributed by atoms with van der Waals surface area (Å²) in [5.41, 5.74) is 1.31. The summed E-state index contributed by atoms with van der Waals surface area (Å²) in [4.78, 5) is 36.1. The van der Waals surface area contributed by atoms with E-state index in [1.807, 2.05) is 42.3 Å². The average Bonchev–Trinajstić information content (AvgIpc) is 3.68. The number of carbonyl (C=O) groups excluding carboxylic acids is 1. The number of aliphatic carboxylic acids is 2. The fourth-order valence-corrected chi connectivity index (χ4v) is 8.16. The molecule has 11 heteroatoms. The second-order valence-corrected chi connectivity index (χ2v) is 13.2. The molecule has 218 valence electrons. The first-order chi connectivity index (χ1) is 19.5. The van der Waals surface area contributed by atoms with Gasteiger partial charge in [-0.3, -0.25) is 9.69 Å². The summed E-state index contributed by atoms with van der Waals surface area (Å²) in [7, 11) is 1.86. The third-order valence-corrected chi connectivity index (χ3v) is 10.5. The molecule has 0 aromatic heterocycles. The van der Waals surface area contributed by atoms with Crippen molar-refractivity contribution < 1.29 is 39.5 Å². The standard InChI is InChI=1S/C28H31IN2O4.C2H2O4/c1-30(26(33)17-4-7-19(29)8-5-17)20-10-11-28(34)22-14-18-6-9-21(32)24-23(18)27(28,25(20)35-24)12-13-31(22)15-16-2-3-16;3-1(4)2(5)6/h4-9,16,20,22,25,32,34H,2-3,10-15H2,1H3;(H,3,4)(H,5,6)/t20-,22+,25-,27?,28+;/m0./s1. The number of likely N-dealkylation sites (N-methyl/N-ethyl adjacent to an activating group) is 1. The predicted molar refractivity (Wildman–Crippen MR) is 155 cm³/mol. The molecule has 3 fully saturated rings. The number of piperidine rings is 1. The van der Waals surface area contributed by atoms with Crippen LogP contribution in [0.2, 0.25) is 0 Å². The minimum atomic E-state index is -1.82. The highest BCUT2D eigenvalue weighted by molar-refractivity contribution is 14.1. The van der Waals surface area contributed by atoms with Gasteiger partial charge in [-0.15, -0.1) is 0 Å². The van der Waals surface area contributed by atoms with Crippen molar-refractivity contribution in [3.8, 4) is 11.5 Å². The lowest BCUT2D eigenvalue weighted by molar-refractivity contribution is -0.197. The Morgan fingerprint density at radius 2 is 1.73 bits per heavy atom. The van der Waals surface area contributed by atoms with Crippen molar-refractivity contribution in [3.63, 3.8) is 0 Å². The number of benzene rings is 2. The van der Waals surface area contributed by atoms with Gasteiger partial charge in [0.1, 0.15) is 6.10 Å². The number of phenols is 1. The van der Waals surface area contributed by atoms with Gasteiger partial charge >= 0.3 is 11.9 Å². The molecule has 2 aliphatic heterocycles. The summed E-state index contributed by atoms with van der Waals surface area (Å²) >= 11 is 2.24. The van der Waals surface area contributed by atoms with Gasteiger partial charge in [-0.1, -0.05) is 6.07 Å². The summed E-state index contributed by atoms with van der Waals surface area (Å²) in [6.45, 7) is 1.98. The molecule has 1 spiro atoms. The maximum atomic E-state index is 13.5. The second-order valence-electron chi connectivity index (χ2n) is 11.9. The molecule has 0 radical (unpaired) electrons. The van der Waals surface area contributed by atoms with E-state index in [1.165, 1.54) is 18.4 Å². The lowest BCUT2D eigenvalue weighted by Crippen LogP contribution is -2.78. The van der Waals surface area contributed by atoms with Crippen LogP contribution in [0.15, 0.2) is 36.4 Å². The van der Waals surface area contributed by atoms with E-state index < -0.39 is 23.0 Å². The first-order valence-corrected chi connectivity index (χ1v) is 15.0. The van der Waals surface area contributed by atoms with Gasteiger partial charge in [-0.2, -0.15) is 0 Å². The van der Waals surface area contributed by atoms with Crippen molar-refractivity contribution in [2.75, 3.05) is 20.1 Å². The number of rotatable bonds is 4. The third kappa shape index (κ3) is 4.38. The Balaban J connectivity index is 0.000000458. The lowest BCUT2D eigenvalue weighted by Gasteiger charge is -2.64. The van der Waals surface area contributed by atoms with Gasteiger partial charge in [0.2, 0.25) is 0 Å². The molecule has 4 N–H and O–H groups in total. The quantitative estimate of drug-likeness (QED) is 0.284. The molecule has 2 aromatic carbocycles. The highest BCUT2D eigenvalue weighted by Gasteiger charge is 2.73. The van der Waals surface area contributed by atoms with Crippen molar-refractivity contribution in [2.45, 2.75) is 67.7 Å². The Bertz CT molecular complexity index is 1400. The SMILES string of the molecule is CN(C(=O)c1ccc(I)cc1)[C@H]1CC[C@@]2(O)[C@H]3Cc4ccc(O)c5c4C2(CCN3CC2CC2)[C@H]1O5.O=C(O)C(=O)O. The molecule has 3 aliphatic carbocycles. The van der Waals surface area contributed by atoms with Crippen molar-refractivity contribution in [3.05, 3.63) is 56.7 Å². The zero-order valence-corrected chi connectivity index (χ0v) is 24.8. The van der Waals surface area contributed by atoms with Crippen LogP contribution < -0.4 is 4.74 Å². The Labute approximate surface area is 251 Å². The van der Waals surface area contributed by atoms with Crippen LogP contribution in [0, 0.1) is 9.49 Å². The third-order valence-electron chi connectivity index (χ3n) is 9.82. The first-order valence-electron chi connectivity index (χ1n) is 13.9. The van der Waals surface area contributed by atoms with Crippen LogP contribution in [0.1, 0.15) is 53.6 Å². The molecular weight excluding hydrogens is 643 g/mol. The molecule has 2 aromatic rings. The molecule has 41 heavy (non-hydrogen) atoms. The van der Waals surface area contributed by atoms with Crippen LogP contribution in [0.3, 0.4) is 0 Å². The van der Waals surface area contributed by atoms with Crippen molar-refractivity contribution >= 4 is 40.4 Å². The first kappa shape index (κ1) is 28.2. The molecule has 1 unspecified atom stereocenters. The number of hydrogen-bond acceptors (Lipinski definition) is 7. The fraction of sp³-hybridized carbons (Fsp3) is 0.500. The topological polar surface area (TPSA) is 148 Å². The molecule has 1 saturated heterocycles. The van der Waals surface area contributed by atoms with E-state index in [1.54, 1.807) is 6.07 Å². The number of phenolic OH excluding ortho intramolecular Hbond substituents is 1. The number of hydrogen-bond donors (Lipinski definition) is 4. The molecule has 2 saturated carbocycles. The number of nitrogens with zero attached hydrogens (tertiary/aromatic N) is 2. The van der Waals surface area contributed by atoms with E-state index in [0.717, 1.165) is 41.0 Å². The van der Waals surface area contributed by atoms with E-state index in [9.17, 15) is 15.0 Å². The van der Waals surface area contributed by atoms with Gasteiger partial charge in [0.25, 0.3) is 5.91 Å². The van der Waals surface area contributed by atoms with E-state index in [-0.39, 0.29) is 29.8 Å². The smallest absolute Gasteiger partial charge is 0.414 e. The number of likely N-dealkylation sites (tertiary alicyclic amines) is 1. The van der Waals surface area contributed by atoms with Crippen molar-refractivity contribution in [1.82, 2.24) is 9.80 Å². The van der Waals surface area contributed by atoms with Gasteiger partial charge in [0.05, 0.1) is 17.1 Å². The monoisotopic (exact) mass is 676 g/mol. The lowest BCUT2D eigenvalue weighted by atomic mass is 9.48. The van der Waals surface area contributed by atoms with Crippen molar-refractivity contribution in [1.29, 1.82) is 0 Å². The Morgan fingerprint density at radius 3 is 2.37 bits per heavy atom. The summed E-state index contributed by atoms with van der Waals surface area (Å²) in [6.07, 6.45) is 5.07. The summed E-state index contributed by atoms with van der Waals surface area (Å²) < 4.78 is 7.71. The molecular formula is C30H33IN2O8. The van der Waals surface area contributed by atoms with E-state index in [2.05, 4.69) is 27.5 Å². The molecule has 2 heterocycles. The molecule has 10 nitrogen and oxygen atoms in total. The zero-order chi connectivity index (χ0) is 29.3. The Morgan fingerprint density at radius 1 is 1.05 bits per heavy atom.